The number of esters is 1. The Morgan fingerprint density at radius 1 is 1.42 bits per heavy atom. The lowest BCUT2D eigenvalue weighted by molar-refractivity contribution is -0.147. The first kappa shape index (κ1) is 10.5. The van der Waals surface area contributed by atoms with Gasteiger partial charge >= 0.3 is 5.97 Å². The summed E-state index contributed by atoms with van der Waals surface area (Å²) >= 11 is 6.19. The molecule has 0 unspecified atom stereocenters. The van der Waals surface area contributed by atoms with Crippen molar-refractivity contribution in [3.8, 4) is 0 Å². The zero-order chi connectivity index (χ0) is 8.97. The molecule has 1 aliphatic heterocycles. The van der Waals surface area contributed by atoms with Gasteiger partial charge in [-0.05, 0) is 25.9 Å². The fourth-order valence-corrected chi connectivity index (χ4v) is 1.34. The molecule has 70 valence electrons. The first-order valence-electron chi connectivity index (χ1n) is 3.89. The summed E-state index contributed by atoms with van der Waals surface area (Å²) in [4.78, 5) is 11.1. The van der Waals surface area contributed by atoms with Crippen molar-refractivity contribution in [1.29, 1.82) is 0 Å². The van der Waals surface area contributed by atoms with Crippen LogP contribution < -0.4 is 5.32 Å². The maximum Gasteiger partial charge on any atom is 0.330 e. The first-order valence-corrected chi connectivity index (χ1v) is 5.72. The van der Waals surface area contributed by atoms with Crippen molar-refractivity contribution in [3.63, 3.8) is 0 Å². The monoisotopic (exact) mass is 299 g/mol. The fourth-order valence-electron chi connectivity index (χ4n) is 1.13. The van der Waals surface area contributed by atoms with Crippen molar-refractivity contribution in [2.24, 2.45) is 0 Å². The Labute approximate surface area is 88.5 Å². The summed E-state index contributed by atoms with van der Waals surface area (Å²) in [5.74, 6) is -0.234. The molecule has 1 fully saturated rings. The highest BCUT2D eigenvalue weighted by Gasteiger charge is 2.20. The molecule has 1 rings (SSSR count). The van der Waals surface area contributed by atoms with E-state index in [1.807, 2.05) is 0 Å². The number of rotatable bonds is 2. The van der Waals surface area contributed by atoms with Crippen LogP contribution >= 0.6 is 31.9 Å². The number of halogens is 2. The van der Waals surface area contributed by atoms with E-state index in [1.165, 1.54) is 0 Å². The van der Waals surface area contributed by atoms with Crippen LogP contribution in [0, 0.1) is 0 Å². The number of hydrogen-bond acceptors (Lipinski definition) is 3. The van der Waals surface area contributed by atoms with E-state index in [1.54, 1.807) is 0 Å². The highest BCUT2D eigenvalue weighted by Crippen LogP contribution is 2.14. The number of nitrogens with one attached hydrogen (secondary N) is 1. The Morgan fingerprint density at radius 2 is 2.00 bits per heavy atom. The van der Waals surface area contributed by atoms with Gasteiger partial charge in [-0.2, -0.15) is 0 Å². The third-order valence-electron chi connectivity index (χ3n) is 1.75. The Kier molecular flexibility index (Phi) is 4.53. The molecular formula is C7H11Br2NO2. The van der Waals surface area contributed by atoms with Crippen molar-refractivity contribution in [2.45, 2.75) is 22.7 Å². The lowest BCUT2D eigenvalue weighted by Crippen LogP contribution is -2.34. The first-order chi connectivity index (χ1) is 5.70. The maximum atomic E-state index is 11.1. The van der Waals surface area contributed by atoms with Gasteiger partial charge in [0.05, 0.1) is 0 Å². The molecule has 12 heavy (non-hydrogen) atoms. The van der Waals surface area contributed by atoms with E-state index in [-0.39, 0.29) is 15.8 Å². The van der Waals surface area contributed by atoms with Crippen LogP contribution in [0.15, 0.2) is 0 Å². The molecule has 0 aromatic rings. The summed E-state index contributed by atoms with van der Waals surface area (Å²) in [6.45, 7) is 1.88. The standard InChI is InChI=1S/C7H11Br2NO2/c8-6(9)7(11)12-5-1-3-10-4-2-5/h5-6,10H,1-4H2. The number of carbonyl (C=O) groups excluding carboxylic acids is 1. The molecule has 0 saturated carbocycles. The van der Waals surface area contributed by atoms with Crippen molar-refractivity contribution >= 4 is 37.8 Å². The second-order valence-corrected chi connectivity index (χ2v) is 5.75. The van der Waals surface area contributed by atoms with Crippen LogP contribution in [-0.2, 0) is 9.53 Å². The Bertz CT molecular complexity index is 157. The van der Waals surface area contributed by atoms with Gasteiger partial charge in [-0.1, -0.05) is 31.9 Å². The number of carbonyl (C=O) groups is 1. The lowest BCUT2D eigenvalue weighted by atomic mass is 10.1. The fraction of sp³-hybridized carbons (Fsp3) is 0.857. The van der Waals surface area contributed by atoms with E-state index in [0.29, 0.717) is 0 Å². The van der Waals surface area contributed by atoms with E-state index in [2.05, 4.69) is 37.2 Å². The molecule has 0 aromatic heterocycles. The molecule has 0 spiro atoms. The van der Waals surface area contributed by atoms with Gasteiger partial charge in [-0.3, -0.25) is 0 Å². The summed E-state index contributed by atoms with van der Waals surface area (Å²) in [5.41, 5.74) is 0. The van der Waals surface area contributed by atoms with Gasteiger partial charge in [0.25, 0.3) is 0 Å². The average molecular weight is 301 g/mol. The van der Waals surface area contributed by atoms with Gasteiger partial charge in [0.1, 0.15) is 6.10 Å². The molecular weight excluding hydrogens is 290 g/mol. The van der Waals surface area contributed by atoms with Gasteiger partial charge < -0.3 is 10.1 Å². The quantitative estimate of drug-likeness (QED) is 0.619. The molecule has 1 aliphatic rings. The number of alkyl halides is 2. The Hall–Kier alpha value is 0.390. The van der Waals surface area contributed by atoms with E-state index in [0.717, 1.165) is 25.9 Å². The second-order valence-electron chi connectivity index (χ2n) is 2.69. The van der Waals surface area contributed by atoms with Crippen LogP contribution in [0.2, 0.25) is 0 Å². The normalized spacial score (nSPS) is 19.6. The van der Waals surface area contributed by atoms with Crippen molar-refractivity contribution in [1.82, 2.24) is 5.32 Å². The highest BCUT2D eigenvalue weighted by atomic mass is 79.9. The van der Waals surface area contributed by atoms with Crippen molar-refractivity contribution in [3.05, 3.63) is 0 Å². The predicted molar refractivity (Wildman–Crippen MR) is 53.6 cm³/mol. The molecule has 1 heterocycles. The van der Waals surface area contributed by atoms with Crippen LogP contribution in [-0.4, -0.2) is 28.9 Å². The predicted octanol–water partition coefficient (Wildman–Crippen LogP) is 1.40. The van der Waals surface area contributed by atoms with E-state index < -0.39 is 0 Å². The topological polar surface area (TPSA) is 38.3 Å². The SMILES string of the molecule is O=C(OC1CCNCC1)C(Br)Br. The third kappa shape index (κ3) is 3.41. The number of ether oxygens (including phenoxy) is 1. The summed E-state index contributed by atoms with van der Waals surface area (Å²) in [6.07, 6.45) is 1.92. The van der Waals surface area contributed by atoms with Crippen LogP contribution in [0.1, 0.15) is 12.8 Å². The molecule has 3 nitrogen and oxygen atoms in total. The summed E-state index contributed by atoms with van der Waals surface area (Å²) in [7, 11) is 0. The molecule has 1 saturated heterocycles. The number of hydrogen-bond donors (Lipinski definition) is 1. The molecule has 0 atom stereocenters. The van der Waals surface area contributed by atoms with Gasteiger partial charge in [0.15, 0.2) is 3.74 Å². The smallest absolute Gasteiger partial charge is 0.330 e. The molecule has 0 bridgehead atoms. The van der Waals surface area contributed by atoms with Crippen molar-refractivity contribution in [2.75, 3.05) is 13.1 Å². The van der Waals surface area contributed by atoms with Gasteiger partial charge in [0.2, 0.25) is 0 Å². The van der Waals surface area contributed by atoms with Crippen molar-refractivity contribution < 1.29 is 9.53 Å². The van der Waals surface area contributed by atoms with Crippen LogP contribution in [0.5, 0.6) is 0 Å². The van der Waals surface area contributed by atoms with Crippen LogP contribution in [0.3, 0.4) is 0 Å². The Balaban J connectivity index is 2.24. The molecule has 0 aromatic carbocycles. The minimum absolute atomic E-state index is 0.0938. The average Bonchev–Trinajstić information content (AvgIpc) is 2.06. The minimum Gasteiger partial charge on any atom is -0.461 e. The zero-order valence-electron chi connectivity index (χ0n) is 6.56. The van der Waals surface area contributed by atoms with E-state index in [4.69, 9.17) is 4.74 Å². The molecule has 0 radical (unpaired) electrons. The lowest BCUT2D eigenvalue weighted by Gasteiger charge is -2.22. The Morgan fingerprint density at radius 3 is 2.50 bits per heavy atom. The third-order valence-corrected chi connectivity index (χ3v) is 2.49. The minimum atomic E-state index is -0.375. The van der Waals surface area contributed by atoms with E-state index in [9.17, 15) is 4.79 Å². The molecule has 5 heteroatoms. The van der Waals surface area contributed by atoms with Gasteiger partial charge in [-0.25, -0.2) is 4.79 Å². The summed E-state index contributed by atoms with van der Waals surface area (Å²) in [5, 5.41) is 3.20. The molecule has 0 amide bonds. The van der Waals surface area contributed by atoms with Crippen LogP contribution in [0.4, 0.5) is 0 Å². The summed E-state index contributed by atoms with van der Waals surface area (Å²) in [6, 6.07) is 0. The summed E-state index contributed by atoms with van der Waals surface area (Å²) < 4.78 is 4.80. The van der Waals surface area contributed by atoms with Crippen LogP contribution in [0.25, 0.3) is 0 Å². The zero-order valence-corrected chi connectivity index (χ0v) is 9.73. The maximum absolute atomic E-state index is 11.1. The number of piperidine rings is 1. The van der Waals surface area contributed by atoms with Gasteiger partial charge in [-0.15, -0.1) is 0 Å². The molecule has 0 aliphatic carbocycles. The van der Waals surface area contributed by atoms with E-state index >= 15 is 0 Å². The second kappa shape index (κ2) is 5.19. The largest absolute Gasteiger partial charge is 0.461 e. The highest BCUT2D eigenvalue weighted by molar-refractivity contribution is 9.25. The molecule has 1 N–H and O–H groups in total. The van der Waals surface area contributed by atoms with Gasteiger partial charge in [0, 0.05) is 0 Å².